The van der Waals surface area contributed by atoms with Crippen molar-refractivity contribution in [3.05, 3.63) is 0 Å². The first-order valence-electron chi connectivity index (χ1n) is 14.9. The smallest absolute Gasteiger partial charge is 0.408 e. The summed E-state index contributed by atoms with van der Waals surface area (Å²) in [7, 11) is 0. The number of primary amides is 1. The molecule has 1 rings (SSSR count). The third-order valence-corrected chi connectivity index (χ3v) is 6.89. The third kappa shape index (κ3) is 15.8. The predicted octanol–water partition coefficient (Wildman–Crippen LogP) is 4.95. The fourth-order valence-electron chi connectivity index (χ4n) is 4.80. The van der Waals surface area contributed by atoms with E-state index in [1.165, 1.54) is 51.4 Å². The van der Waals surface area contributed by atoms with Gasteiger partial charge in [-0.15, -0.1) is 0 Å². The number of carbonyl (C=O) groups excluding carboxylic acids is 4. The van der Waals surface area contributed by atoms with Gasteiger partial charge in [0.05, 0.1) is 0 Å². The molecule has 9 heteroatoms. The van der Waals surface area contributed by atoms with Gasteiger partial charge in [0, 0.05) is 32.0 Å². The minimum absolute atomic E-state index is 0.0409. The first-order valence-corrected chi connectivity index (χ1v) is 14.9. The van der Waals surface area contributed by atoms with Crippen LogP contribution in [0.1, 0.15) is 130 Å². The summed E-state index contributed by atoms with van der Waals surface area (Å²) in [5.74, 6) is -0.810. The van der Waals surface area contributed by atoms with E-state index in [1.54, 1.807) is 20.8 Å². The molecule has 4 N–H and O–H groups in total. The molecule has 0 aromatic rings. The van der Waals surface area contributed by atoms with E-state index in [9.17, 15) is 19.2 Å². The number of alkyl carbamates (subject to hydrolysis) is 1. The van der Waals surface area contributed by atoms with Crippen molar-refractivity contribution in [3.63, 3.8) is 0 Å². The first kappa shape index (κ1) is 33.7. The third-order valence-electron chi connectivity index (χ3n) is 6.89. The molecule has 0 radical (unpaired) electrons. The van der Waals surface area contributed by atoms with E-state index >= 15 is 0 Å². The monoisotopic (exact) mass is 538 g/mol. The number of carbonyl (C=O) groups is 4. The number of nitrogens with one attached hydrogen (secondary N) is 2. The molecule has 0 saturated carbocycles. The van der Waals surface area contributed by atoms with Gasteiger partial charge in [0.15, 0.2) is 0 Å². The van der Waals surface area contributed by atoms with Crippen LogP contribution in [0.2, 0.25) is 0 Å². The predicted molar refractivity (Wildman–Crippen MR) is 150 cm³/mol. The van der Waals surface area contributed by atoms with Crippen molar-refractivity contribution >= 4 is 23.8 Å². The normalized spacial score (nSPS) is 16.5. The lowest BCUT2D eigenvalue weighted by molar-refractivity contribution is -0.135. The Morgan fingerprint density at radius 3 is 2.11 bits per heavy atom. The lowest BCUT2D eigenvalue weighted by Crippen LogP contribution is -2.53. The molecule has 38 heavy (non-hydrogen) atoms. The molecule has 9 nitrogen and oxygen atoms in total. The summed E-state index contributed by atoms with van der Waals surface area (Å²) in [6.07, 6.45) is 14.9. The zero-order valence-corrected chi connectivity index (χ0v) is 24.4. The van der Waals surface area contributed by atoms with Crippen LogP contribution in [0.4, 0.5) is 4.79 Å². The molecule has 1 heterocycles. The molecule has 2 unspecified atom stereocenters. The Morgan fingerprint density at radius 1 is 0.921 bits per heavy atom. The second-order valence-corrected chi connectivity index (χ2v) is 11.6. The summed E-state index contributed by atoms with van der Waals surface area (Å²) < 4.78 is 5.26. The molecular weight excluding hydrogens is 484 g/mol. The summed E-state index contributed by atoms with van der Waals surface area (Å²) in [4.78, 5) is 51.3. The van der Waals surface area contributed by atoms with Crippen molar-refractivity contribution < 1.29 is 23.9 Å². The topological polar surface area (TPSA) is 131 Å². The number of hydrogen-bond donors (Lipinski definition) is 3. The van der Waals surface area contributed by atoms with E-state index in [2.05, 4.69) is 17.6 Å². The number of likely N-dealkylation sites (tertiary alicyclic amines) is 1. The lowest BCUT2D eigenvalue weighted by atomic mass is 10.0. The molecule has 0 aliphatic carbocycles. The minimum atomic E-state index is -0.947. The minimum Gasteiger partial charge on any atom is -0.444 e. The van der Waals surface area contributed by atoms with Crippen LogP contribution in [-0.4, -0.2) is 59.5 Å². The van der Waals surface area contributed by atoms with Crippen molar-refractivity contribution in [2.75, 3.05) is 13.1 Å². The van der Waals surface area contributed by atoms with Crippen LogP contribution in [0.25, 0.3) is 0 Å². The average Bonchev–Trinajstić information content (AvgIpc) is 2.85. The van der Waals surface area contributed by atoms with Crippen molar-refractivity contribution in [2.45, 2.75) is 148 Å². The summed E-state index contributed by atoms with van der Waals surface area (Å²) >= 11 is 0. The van der Waals surface area contributed by atoms with Crippen LogP contribution in [0.5, 0.6) is 0 Å². The Hall–Kier alpha value is -2.32. The van der Waals surface area contributed by atoms with Crippen LogP contribution in [-0.2, 0) is 19.1 Å². The molecule has 2 atom stereocenters. The van der Waals surface area contributed by atoms with Gasteiger partial charge in [-0.05, 0) is 52.9 Å². The largest absolute Gasteiger partial charge is 0.444 e. The number of hydrogen-bond acceptors (Lipinski definition) is 5. The van der Waals surface area contributed by atoms with E-state index in [1.807, 2.05) is 4.90 Å². The van der Waals surface area contributed by atoms with Gasteiger partial charge in [-0.1, -0.05) is 64.7 Å². The molecule has 0 aromatic carbocycles. The zero-order valence-electron chi connectivity index (χ0n) is 24.4. The fourth-order valence-corrected chi connectivity index (χ4v) is 4.80. The van der Waals surface area contributed by atoms with Gasteiger partial charge in [0.1, 0.15) is 11.6 Å². The standard InChI is InChI=1S/C29H54N4O5/c1-5-6-7-8-9-10-11-12-13-14-18-26(35)33-21-16-15-17-23(33)22-31-27(36)24(19-20-25(30)34)32-28(37)38-29(2,3)4/h23-24H,5-22H2,1-4H3,(H2,30,34)(H,31,36)(H,32,37). The quantitative estimate of drug-likeness (QED) is 0.212. The number of nitrogens with two attached hydrogens (primary N) is 1. The Labute approximate surface area is 230 Å². The summed E-state index contributed by atoms with van der Waals surface area (Å²) in [5.41, 5.74) is 4.54. The number of unbranched alkanes of at least 4 members (excludes halogenated alkanes) is 9. The molecule has 4 amide bonds. The van der Waals surface area contributed by atoms with Crippen LogP contribution >= 0.6 is 0 Å². The molecular formula is C29H54N4O5. The van der Waals surface area contributed by atoms with Gasteiger partial charge in [0.2, 0.25) is 17.7 Å². The van der Waals surface area contributed by atoms with E-state index in [-0.39, 0.29) is 24.8 Å². The molecule has 220 valence electrons. The van der Waals surface area contributed by atoms with Gasteiger partial charge in [0.25, 0.3) is 0 Å². The second-order valence-electron chi connectivity index (χ2n) is 11.6. The SMILES string of the molecule is CCCCCCCCCCCCC(=O)N1CCCCC1CNC(=O)C(CCC(N)=O)NC(=O)OC(C)(C)C. The highest BCUT2D eigenvalue weighted by Gasteiger charge is 2.29. The number of amides is 4. The highest BCUT2D eigenvalue weighted by Crippen LogP contribution is 2.19. The van der Waals surface area contributed by atoms with Crippen molar-refractivity contribution in [1.29, 1.82) is 0 Å². The Bertz CT molecular complexity index is 722. The molecule has 1 saturated heterocycles. The molecule has 0 aromatic heterocycles. The first-order chi connectivity index (χ1) is 18.0. The Morgan fingerprint density at radius 2 is 1.53 bits per heavy atom. The molecule has 0 bridgehead atoms. The van der Waals surface area contributed by atoms with Crippen LogP contribution < -0.4 is 16.4 Å². The number of nitrogens with zero attached hydrogens (tertiary/aromatic N) is 1. The van der Waals surface area contributed by atoms with Crippen LogP contribution in [0.15, 0.2) is 0 Å². The molecule has 1 aliphatic heterocycles. The highest BCUT2D eigenvalue weighted by atomic mass is 16.6. The summed E-state index contributed by atoms with van der Waals surface area (Å²) in [6.45, 7) is 8.45. The van der Waals surface area contributed by atoms with E-state index in [0.717, 1.165) is 32.1 Å². The highest BCUT2D eigenvalue weighted by molar-refractivity contribution is 5.86. The summed E-state index contributed by atoms with van der Waals surface area (Å²) in [6, 6.07) is -1.02. The zero-order chi connectivity index (χ0) is 28.4. The van der Waals surface area contributed by atoms with E-state index in [4.69, 9.17) is 10.5 Å². The van der Waals surface area contributed by atoms with Crippen molar-refractivity contribution in [2.24, 2.45) is 5.73 Å². The van der Waals surface area contributed by atoms with E-state index in [0.29, 0.717) is 19.5 Å². The molecule has 1 fully saturated rings. The van der Waals surface area contributed by atoms with Crippen molar-refractivity contribution in [1.82, 2.24) is 15.5 Å². The Kier molecular flexibility index (Phi) is 16.7. The Balaban J connectivity index is 2.48. The maximum atomic E-state index is 13.0. The van der Waals surface area contributed by atoms with Gasteiger partial charge in [-0.2, -0.15) is 0 Å². The number of piperidine rings is 1. The van der Waals surface area contributed by atoms with Gasteiger partial charge >= 0.3 is 6.09 Å². The van der Waals surface area contributed by atoms with Gasteiger partial charge < -0.3 is 26.0 Å². The second kappa shape index (κ2) is 18.9. The number of rotatable bonds is 18. The lowest BCUT2D eigenvalue weighted by Gasteiger charge is -2.36. The molecule has 0 spiro atoms. The molecule has 1 aliphatic rings. The summed E-state index contributed by atoms with van der Waals surface area (Å²) in [5, 5.41) is 5.43. The van der Waals surface area contributed by atoms with Crippen LogP contribution in [0, 0.1) is 0 Å². The average molecular weight is 539 g/mol. The fraction of sp³-hybridized carbons (Fsp3) is 0.862. The maximum Gasteiger partial charge on any atom is 0.408 e. The maximum absolute atomic E-state index is 13.0. The van der Waals surface area contributed by atoms with E-state index < -0.39 is 29.6 Å². The van der Waals surface area contributed by atoms with Gasteiger partial charge in [-0.25, -0.2) is 4.79 Å². The van der Waals surface area contributed by atoms with Crippen LogP contribution in [0.3, 0.4) is 0 Å². The van der Waals surface area contributed by atoms with Crippen molar-refractivity contribution in [3.8, 4) is 0 Å². The number of ether oxygens (including phenoxy) is 1. The van der Waals surface area contributed by atoms with Gasteiger partial charge in [-0.3, -0.25) is 14.4 Å².